The van der Waals surface area contributed by atoms with Gasteiger partial charge in [0, 0.05) is 6.42 Å². The highest BCUT2D eigenvalue weighted by Gasteiger charge is 2.23. The van der Waals surface area contributed by atoms with Gasteiger partial charge in [0.25, 0.3) is 0 Å². The molecule has 0 spiro atoms. The van der Waals surface area contributed by atoms with Crippen LogP contribution >= 0.6 is 0 Å². The summed E-state index contributed by atoms with van der Waals surface area (Å²) >= 11 is 0. The average Bonchev–Trinajstić information content (AvgIpc) is 2.18. The summed E-state index contributed by atoms with van der Waals surface area (Å²) in [6, 6.07) is 0. The van der Waals surface area contributed by atoms with Gasteiger partial charge in [0.05, 0.1) is 11.4 Å². The number of benzene rings is 1. The van der Waals surface area contributed by atoms with Gasteiger partial charge < -0.3 is 31.3 Å². The Labute approximate surface area is 84.2 Å². The zero-order valence-corrected chi connectivity index (χ0v) is 7.52. The van der Waals surface area contributed by atoms with E-state index in [1.165, 1.54) is 0 Å². The van der Waals surface area contributed by atoms with Crippen molar-refractivity contribution in [3.05, 3.63) is 5.56 Å². The van der Waals surface area contributed by atoms with Crippen LogP contribution in [0.4, 0.5) is 0 Å². The highest BCUT2D eigenvalue weighted by Crippen LogP contribution is 2.50. The maximum atomic E-state index is 9.30. The van der Waals surface area contributed by atoms with E-state index >= 15 is 0 Å². The maximum absolute atomic E-state index is 9.30. The van der Waals surface area contributed by atoms with Crippen molar-refractivity contribution in [2.75, 3.05) is 0 Å². The van der Waals surface area contributed by atoms with E-state index in [2.05, 4.69) is 0 Å². The Balaban J connectivity index is 3.45. The first-order chi connectivity index (χ1) is 6.86. The summed E-state index contributed by atoms with van der Waals surface area (Å²) in [6.45, 7) is 0. The molecule has 0 atom stereocenters. The lowest BCUT2D eigenvalue weighted by Crippen LogP contribution is -2.12. The van der Waals surface area contributed by atoms with Gasteiger partial charge in [0.2, 0.25) is 17.2 Å². The zero-order valence-electron chi connectivity index (χ0n) is 7.52. The van der Waals surface area contributed by atoms with E-state index in [0.29, 0.717) is 0 Å². The number of phenolic OH excluding ortho intramolecular Hbond substituents is 5. The first kappa shape index (κ1) is 10.8. The molecule has 0 aliphatic rings. The van der Waals surface area contributed by atoms with Gasteiger partial charge in [-0.1, -0.05) is 0 Å². The predicted molar refractivity (Wildman–Crippen MR) is 50.4 cm³/mol. The second-order valence-electron chi connectivity index (χ2n) is 2.92. The van der Waals surface area contributed by atoms with Gasteiger partial charge in [-0.05, 0) is 0 Å². The van der Waals surface area contributed by atoms with Crippen molar-refractivity contribution in [2.45, 2.75) is 6.42 Å². The Morgan fingerprint density at radius 3 is 1.53 bits per heavy atom. The highest BCUT2D eigenvalue weighted by atomic mass is 16.4. The average molecular weight is 214 g/mol. The third-order valence-corrected chi connectivity index (χ3v) is 1.84. The number of nitrogens with one attached hydrogen (secondary N) is 1. The third kappa shape index (κ3) is 1.66. The van der Waals surface area contributed by atoms with Gasteiger partial charge in [0.15, 0.2) is 11.5 Å². The predicted octanol–water partition coefficient (Wildman–Crippen LogP) is -0.307. The van der Waals surface area contributed by atoms with Crippen LogP contribution < -0.4 is 5.73 Å². The molecule has 0 radical (unpaired) electrons. The number of aromatic hydroxyl groups is 5. The highest BCUT2D eigenvalue weighted by molar-refractivity contribution is 5.83. The van der Waals surface area contributed by atoms with Crippen molar-refractivity contribution in [3.8, 4) is 28.7 Å². The molecule has 0 bridgehead atoms. The topological polar surface area (TPSA) is 151 Å². The van der Waals surface area contributed by atoms with Gasteiger partial charge in [-0.3, -0.25) is 5.41 Å². The Morgan fingerprint density at radius 2 is 1.20 bits per heavy atom. The van der Waals surface area contributed by atoms with E-state index in [0.717, 1.165) is 0 Å². The number of amidine groups is 1. The molecule has 0 unspecified atom stereocenters. The number of phenols is 5. The van der Waals surface area contributed by atoms with Crippen LogP contribution in [-0.4, -0.2) is 31.4 Å². The number of hydrogen-bond donors (Lipinski definition) is 7. The summed E-state index contributed by atoms with van der Waals surface area (Å²) in [4.78, 5) is 0. The lowest BCUT2D eigenvalue weighted by atomic mass is 10.1. The molecule has 0 aromatic heterocycles. The first-order valence-electron chi connectivity index (χ1n) is 3.86. The molecular formula is C8H10N2O5. The minimum Gasteiger partial charge on any atom is -0.504 e. The summed E-state index contributed by atoms with van der Waals surface area (Å²) in [6.07, 6.45) is -0.362. The molecule has 82 valence electrons. The van der Waals surface area contributed by atoms with E-state index in [1.807, 2.05) is 0 Å². The molecule has 15 heavy (non-hydrogen) atoms. The van der Waals surface area contributed by atoms with Gasteiger partial charge >= 0.3 is 0 Å². The second kappa shape index (κ2) is 3.45. The smallest absolute Gasteiger partial charge is 0.208 e. The molecule has 1 rings (SSSR count). The molecule has 0 aliphatic carbocycles. The molecule has 0 saturated heterocycles. The zero-order chi connectivity index (χ0) is 11.7. The quantitative estimate of drug-likeness (QED) is 0.155. The van der Waals surface area contributed by atoms with Gasteiger partial charge in [-0.2, -0.15) is 0 Å². The van der Waals surface area contributed by atoms with Gasteiger partial charge in [0.1, 0.15) is 0 Å². The fourth-order valence-corrected chi connectivity index (χ4v) is 1.09. The Bertz CT molecular complexity index is 401. The van der Waals surface area contributed by atoms with E-state index in [-0.39, 0.29) is 17.8 Å². The Morgan fingerprint density at radius 1 is 0.867 bits per heavy atom. The van der Waals surface area contributed by atoms with E-state index in [4.69, 9.17) is 26.5 Å². The maximum Gasteiger partial charge on any atom is 0.208 e. The van der Waals surface area contributed by atoms with E-state index < -0.39 is 28.7 Å². The van der Waals surface area contributed by atoms with Crippen LogP contribution in [0.2, 0.25) is 0 Å². The molecule has 8 N–H and O–H groups in total. The fourth-order valence-electron chi connectivity index (χ4n) is 1.09. The van der Waals surface area contributed by atoms with Crippen LogP contribution in [0.5, 0.6) is 28.7 Å². The molecule has 0 fully saturated rings. The van der Waals surface area contributed by atoms with Crippen LogP contribution in [0.15, 0.2) is 0 Å². The number of nitrogens with two attached hydrogens (primary N) is 1. The van der Waals surface area contributed by atoms with Crippen molar-refractivity contribution in [1.29, 1.82) is 5.41 Å². The standard InChI is InChI=1S/C8H10N2O5/c9-3(10)1-2-4(11)6(13)8(15)7(14)5(2)12/h11-15H,1H2,(H3,9,10). The molecular weight excluding hydrogens is 204 g/mol. The van der Waals surface area contributed by atoms with Crippen LogP contribution in [0, 0.1) is 5.41 Å². The Hall–Kier alpha value is -2.31. The van der Waals surface area contributed by atoms with Crippen LogP contribution in [-0.2, 0) is 6.42 Å². The number of hydrogen-bond acceptors (Lipinski definition) is 6. The lowest BCUT2D eigenvalue weighted by molar-refractivity contribution is 0.325. The minimum absolute atomic E-state index is 0.324. The van der Waals surface area contributed by atoms with Crippen molar-refractivity contribution in [1.82, 2.24) is 0 Å². The van der Waals surface area contributed by atoms with Crippen LogP contribution in [0.1, 0.15) is 5.56 Å². The van der Waals surface area contributed by atoms with Crippen molar-refractivity contribution in [3.63, 3.8) is 0 Å². The molecule has 0 amide bonds. The fraction of sp³-hybridized carbons (Fsp3) is 0.125. The molecule has 1 aromatic rings. The monoisotopic (exact) mass is 214 g/mol. The van der Waals surface area contributed by atoms with Gasteiger partial charge in [-0.25, -0.2) is 0 Å². The van der Waals surface area contributed by atoms with Gasteiger partial charge in [-0.15, -0.1) is 0 Å². The summed E-state index contributed by atoms with van der Waals surface area (Å²) in [5.74, 6) is -5.00. The summed E-state index contributed by atoms with van der Waals surface area (Å²) < 4.78 is 0. The largest absolute Gasteiger partial charge is 0.504 e. The molecule has 0 saturated carbocycles. The van der Waals surface area contributed by atoms with Crippen LogP contribution in [0.25, 0.3) is 0 Å². The third-order valence-electron chi connectivity index (χ3n) is 1.84. The molecule has 0 heterocycles. The SMILES string of the molecule is N=C(N)Cc1c(O)c(O)c(O)c(O)c1O. The summed E-state index contributed by atoms with van der Waals surface area (Å²) in [5, 5.41) is 52.8. The normalized spacial score (nSPS) is 10.1. The molecule has 0 aliphatic heterocycles. The van der Waals surface area contributed by atoms with Crippen molar-refractivity contribution < 1.29 is 25.5 Å². The van der Waals surface area contributed by atoms with E-state index in [9.17, 15) is 10.2 Å². The lowest BCUT2D eigenvalue weighted by Gasteiger charge is -2.11. The summed E-state index contributed by atoms with van der Waals surface area (Å²) in [7, 11) is 0. The molecule has 7 nitrogen and oxygen atoms in total. The Kier molecular flexibility index (Phi) is 2.47. The van der Waals surface area contributed by atoms with Crippen molar-refractivity contribution >= 4 is 5.84 Å². The number of rotatable bonds is 2. The summed E-state index contributed by atoms with van der Waals surface area (Å²) in [5.41, 5.74) is 4.71. The molecule has 1 aromatic carbocycles. The minimum atomic E-state index is -1.03. The van der Waals surface area contributed by atoms with Crippen molar-refractivity contribution in [2.24, 2.45) is 5.73 Å². The second-order valence-corrected chi connectivity index (χ2v) is 2.92. The molecule has 7 heteroatoms. The van der Waals surface area contributed by atoms with Crippen LogP contribution in [0.3, 0.4) is 0 Å². The van der Waals surface area contributed by atoms with E-state index in [1.54, 1.807) is 0 Å². The first-order valence-corrected chi connectivity index (χ1v) is 3.86.